The predicted molar refractivity (Wildman–Crippen MR) is 109 cm³/mol. The van der Waals surface area contributed by atoms with E-state index in [4.69, 9.17) is 27.6 Å². The molecule has 4 aromatic rings. The van der Waals surface area contributed by atoms with E-state index in [0.717, 1.165) is 11.1 Å². The van der Waals surface area contributed by atoms with Crippen LogP contribution in [0.1, 0.15) is 15.9 Å². The maximum atomic E-state index is 12.5. The summed E-state index contributed by atoms with van der Waals surface area (Å²) in [5.74, 6) is 0.194. The molecule has 0 saturated carbocycles. The molecule has 0 unspecified atom stereocenters. The minimum absolute atomic E-state index is 0.223. The largest absolute Gasteiger partial charge is 0.436 e. The number of rotatable bonds is 3. The van der Waals surface area contributed by atoms with E-state index in [1.807, 2.05) is 31.2 Å². The Kier molecular flexibility index (Phi) is 4.60. The van der Waals surface area contributed by atoms with Gasteiger partial charge in [-0.2, -0.15) is 0 Å². The fourth-order valence-corrected chi connectivity index (χ4v) is 3.17. The average molecular weight is 397 g/mol. The maximum Gasteiger partial charge on any atom is 0.257 e. The van der Waals surface area contributed by atoms with Gasteiger partial charge in [-0.15, -0.1) is 0 Å². The highest BCUT2D eigenvalue weighted by Gasteiger charge is 2.14. The summed E-state index contributed by atoms with van der Waals surface area (Å²) >= 11 is 12.1. The topological polar surface area (TPSA) is 55.1 Å². The lowest BCUT2D eigenvalue weighted by atomic mass is 10.1. The molecular weight excluding hydrogens is 383 g/mol. The number of hydrogen-bond donors (Lipinski definition) is 1. The summed E-state index contributed by atoms with van der Waals surface area (Å²) in [6.07, 6.45) is 0. The number of halogens is 2. The highest BCUT2D eigenvalue weighted by molar-refractivity contribution is 6.44. The first-order chi connectivity index (χ1) is 13.0. The summed E-state index contributed by atoms with van der Waals surface area (Å²) in [4.78, 5) is 17.0. The second kappa shape index (κ2) is 7.06. The van der Waals surface area contributed by atoms with Crippen LogP contribution in [-0.4, -0.2) is 10.9 Å². The van der Waals surface area contributed by atoms with Gasteiger partial charge in [0.25, 0.3) is 5.91 Å². The van der Waals surface area contributed by atoms with Crippen LogP contribution in [0, 0.1) is 6.92 Å². The summed E-state index contributed by atoms with van der Waals surface area (Å²) in [5, 5.41) is 3.37. The average Bonchev–Trinajstić information content (AvgIpc) is 3.07. The fourth-order valence-electron chi connectivity index (χ4n) is 2.78. The summed E-state index contributed by atoms with van der Waals surface area (Å²) in [6.45, 7) is 2.01. The number of anilines is 1. The third-order valence-corrected chi connectivity index (χ3v) is 4.93. The van der Waals surface area contributed by atoms with Crippen molar-refractivity contribution in [1.29, 1.82) is 0 Å². The Morgan fingerprint density at radius 3 is 2.67 bits per heavy atom. The zero-order valence-electron chi connectivity index (χ0n) is 14.3. The third-order valence-electron chi connectivity index (χ3n) is 4.11. The van der Waals surface area contributed by atoms with Gasteiger partial charge in [0.2, 0.25) is 5.89 Å². The van der Waals surface area contributed by atoms with E-state index in [9.17, 15) is 4.79 Å². The van der Waals surface area contributed by atoms with Gasteiger partial charge >= 0.3 is 0 Å². The molecule has 1 heterocycles. The zero-order valence-corrected chi connectivity index (χ0v) is 15.8. The Morgan fingerprint density at radius 1 is 1.04 bits per heavy atom. The van der Waals surface area contributed by atoms with Crippen molar-refractivity contribution in [3.63, 3.8) is 0 Å². The monoisotopic (exact) mass is 396 g/mol. The van der Waals surface area contributed by atoms with Crippen LogP contribution in [0.15, 0.2) is 65.1 Å². The molecule has 134 valence electrons. The van der Waals surface area contributed by atoms with Crippen LogP contribution in [0.2, 0.25) is 10.0 Å². The third kappa shape index (κ3) is 3.54. The number of benzene rings is 3. The maximum absolute atomic E-state index is 12.5. The van der Waals surface area contributed by atoms with Crippen LogP contribution in [0.5, 0.6) is 0 Å². The lowest BCUT2D eigenvalue weighted by molar-refractivity contribution is 0.102. The Hall–Kier alpha value is -2.82. The molecular formula is C21H14Cl2N2O2. The molecule has 0 aliphatic heterocycles. The number of nitrogens with zero attached hydrogens (tertiary/aromatic N) is 1. The zero-order chi connectivity index (χ0) is 19.0. The summed E-state index contributed by atoms with van der Waals surface area (Å²) in [5.41, 5.74) is 4.23. The van der Waals surface area contributed by atoms with Gasteiger partial charge in [-0.3, -0.25) is 4.79 Å². The van der Waals surface area contributed by atoms with E-state index in [1.165, 1.54) is 0 Å². The van der Waals surface area contributed by atoms with Crippen LogP contribution < -0.4 is 5.32 Å². The van der Waals surface area contributed by atoms with Crippen molar-refractivity contribution >= 4 is 45.9 Å². The number of fused-ring (bicyclic) bond motifs is 1. The molecule has 0 bridgehead atoms. The number of carbonyl (C=O) groups excluding carboxylic acids is 1. The standard InChI is InChI=1S/C21H14Cl2N2O2/c1-12-4-2-5-13(10-12)21-25-17-11-14(8-9-18(17)27-21)24-20(26)15-6-3-7-16(22)19(15)23/h2-11H,1H3,(H,24,26). The van der Waals surface area contributed by atoms with Gasteiger partial charge in [0.15, 0.2) is 5.58 Å². The van der Waals surface area contributed by atoms with Gasteiger partial charge in [-0.05, 0) is 49.4 Å². The lowest BCUT2D eigenvalue weighted by Crippen LogP contribution is -2.12. The first-order valence-corrected chi connectivity index (χ1v) is 9.00. The molecule has 0 aliphatic carbocycles. The van der Waals surface area contributed by atoms with Crippen molar-refractivity contribution in [2.24, 2.45) is 0 Å². The van der Waals surface area contributed by atoms with Gasteiger partial charge in [-0.1, -0.05) is 47.0 Å². The number of aromatic nitrogens is 1. The molecule has 4 nitrogen and oxygen atoms in total. The molecule has 0 saturated heterocycles. The first-order valence-electron chi connectivity index (χ1n) is 8.24. The van der Waals surface area contributed by atoms with Gasteiger partial charge in [0, 0.05) is 11.3 Å². The lowest BCUT2D eigenvalue weighted by Gasteiger charge is -2.07. The number of nitrogens with one attached hydrogen (secondary N) is 1. The van der Waals surface area contributed by atoms with Crippen molar-refractivity contribution < 1.29 is 9.21 Å². The molecule has 0 radical (unpaired) electrons. The molecule has 0 atom stereocenters. The van der Waals surface area contributed by atoms with E-state index in [2.05, 4.69) is 10.3 Å². The molecule has 6 heteroatoms. The van der Waals surface area contributed by atoms with E-state index in [1.54, 1.807) is 36.4 Å². The number of carbonyl (C=O) groups is 1. The molecule has 4 rings (SSSR count). The van der Waals surface area contributed by atoms with Crippen molar-refractivity contribution in [3.05, 3.63) is 81.8 Å². The Bertz CT molecular complexity index is 1170. The first kappa shape index (κ1) is 17.6. The minimum Gasteiger partial charge on any atom is -0.436 e. The summed E-state index contributed by atoms with van der Waals surface area (Å²) in [6, 6.07) is 18.1. The molecule has 27 heavy (non-hydrogen) atoms. The second-order valence-electron chi connectivity index (χ2n) is 6.13. The smallest absolute Gasteiger partial charge is 0.257 e. The molecule has 0 fully saturated rings. The van der Waals surface area contributed by atoms with Crippen LogP contribution in [0.25, 0.3) is 22.6 Å². The van der Waals surface area contributed by atoms with Gasteiger partial charge in [-0.25, -0.2) is 4.98 Å². The Balaban J connectivity index is 1.64. The van der Waals surface area contributed by atoms with E-state index in [0.29, 0.717) is 33.3 Å². The van der Waals surface area contributed by atoms with Crippen molar-refractivity contribution in [3.8, 4) is 11.5 Å². The van der Waals surface area contributed by atoms with Crippen LogP contribution in [0.4, 0.5) is 5.69 Å². The number of aryl methyl sites for hydroxylation is 1. The normalized spacial score (nSPS) is 10.9. The fraction of sp³-hybridized carbons (Fsp3) is 0.0476. The predicted octanol–water partition coefficient (Wildman–Crippen LogP) is 6.36. The van der Waals surface area contributed by atoms with Crippen molar-refractivity contribution in [2.45, 2.75) is 6.92 Å². The highest BCUT2D eigenvalue weighted by atomic mass is 35.5. The summed E-state index contributed by atoms with van der Waals surface area (Å²) in [7, 11) is 0. The number of oxazole rings is 1. The van der Waals surface area contributed by atoms with E-state index < -0.39 is 0 Å². The summed E-state index contributed by atoms with van der Waals surface area (Å²) < 4.78 is 5.83. The minimum atomic E-state index is -0.343. The molecule has 0 aliphatic rings. The van der Waals surface area contributed by atoms with Crippen LogP contribution >= 0.6 is 23.2 Å². The van der Waals surface area contributed by atoms with Crippen molar-refractivity contribution in [1.82, 2.24) is 4.98 Å². The SMILES string of the molecule is Cc1cccc(-c2nc3cc(NC(=O)c4cccc(Cl)c4Cl)ccc3o2)c1. The molecule has 1 amide bonds. The Labute approximate surface area is 165 Å². The van der Waals surface area contributed by atoms with Gasteiger partial charge in [0.05, 0.1) is 15.6 Å². The molecule has 0 spiro atoms. The van der Waals surface area contributed by atoms with Gasteiger partial charge in [0.1, 0.15) is 5.52 Å². The molecule has 1 N–H and O–H groups in total. The second-order valence-corrected chi connectivity index (χ2v) is 6.91. The van der Waals surface area contributed by atoms with Crippen LogP contribution in [-0.2, 0) is 0 Å². The number of amides is 1. The molecule has 3 aromatic carbocycles. The molecule has 1 aromatic heterocycles. The quantitative estimate of drug-likeness (QED) is 0.438. The van der Waals surface area contributed by atoms with Crippen LogP contribution in [0.3, 0.4) is 0 Å². The van der Waals surface area contributed by atoms with Gasteiger partial charge < -0.3 is 9.73 Å². The van der Waals surface area contributed by atoms with E-state index >= 15 is 0 Å². The van der Waals surface area contributed by atoms with E-state index in [-0.39, 0.29) is 10.9 Å². The number of hydrogen-bond acceptors (Lipinski definition) is 3. The Morgan fingerprint density at radius 2 is 1.85 bits per heavy atom. The van der Waals surface area contributed by atoms with Crippen molar-refractivity contribution in [2.75, 3.05) is 5.32 Å². The highest BCUT2D eigenvalue weighted by Crippen LogP contribution is 2.28.